The molecule has 4 rings (SSSR count). The predicted molar refractivity (Wildman–Crippen MR) is 86.2 cm³/mol. The maximum Gasteiger partial charge on any atom is 0.408 e. The molecule has 0 spiro atoms. The van der Waals surface area contributed by atoms with Gasteiger partial charge in [0.1, 0.15) is 18.1 Å². The molecule has 0 unspecified atom stereocenters. The quantitative estimate of drug-likeness (QED) is 0.734. The van der Waals surface area contributed by atoms with Crippen LogP contribution in [0.3, 0.4) is 0 Å². The van der Waals surface area contributed by atoms with Crippen molar-refractivity contribution < 1.29 is 13.2 Å². The number of hydrogen-bond acceptors (Lipinski definition) is 5. The number of aromatic amines is 1. The van der Waals surface area contributed by atoms with E-state index in [-0.39, 0.29) is 11.6 Å². The van der Waals surface area contributed by atoms with E-state index in [2.05, 4.69) is 30.6 Å². The van der Waals surface area contributed by atoms with E-state index in [0.717, 1.165) is 23.6 Å². The molecule has 8 nitrogen and oxygen atoms in total. The number of hydrogen-bond donors (Lipinski definition) is 2. The van der Waals surface area contributed by atoms with Crippen LogP contribution in [0.1, 0.15) is 11.5 Å². The predicted octanol–water partition coefficient (Wildman–Crippen LogP) is 1.55. The molecule has 0 amide bonds. The maximum atomic E-state index is 13.0. The van der Waals surface area contributed by atoms with Crippen molar-refractivity contribution in [1.82, 2.24) is 39.8 Å². The van der Waals surface area contributed by atoms with Gasteiger partial charge in [0.2, 0.25) is 0 Å². The van der Waals surface area contributed by atoms with Crippen LogP contribution >= 0.6 is 0 Å². The fraction of sp³-hybridized carbons (Fsp3) is 0.467. The Morgan fingerprint density at radius 2 is 2.08 bits per heavy atom. The number of fused-ring (bicyclic) bond motifs is 1. The molecule has 26 heavy (non-hydrogen) atoms. The van der Waals surface area contributed by atoms with E-state index < -0.39 is 12.7 Å². The Morgan fingerprint density at radius 1 is 1.23 bits per heavy atom. The molecular formula is C15H17F3N8. The highest BCUT2D eigenvalue weighted by Gasteiger charge is 2.32. The van der Waals surface area contributed by atoms with Gasteiger partial charge in [-0.25, -0.2) is 14.6 Å². The van der Waals surface area contributed by atoms with Gasteiger partial charge in [-0.3, -0.25) is 5.10 Å². The third-order valence-electron chi connectivity index (χ3n) is 4.21. The number of nitrogens with one attached hydrogen (secondary N) is 2. The molecule has 4 heterocycles. The van der Waals surface area contributed by atoms with Gasteiger partial charge in [0.05, 0.1) is 11.8 Å². The number of nitrogens with zero attached hydrogens (tertiary/aromatic N) is 6. The molecule has 3 aromatic heterocycles. The van der Waals surface area contributed by atoms with Crippen LogP contribution < -0.4 is 5.32 Å². The fourth-order valence-corrected chi connectivity index (χ4v) is 2.98. The summed E-state index contributed by atoms with van der Waals surface area (Å²) in [6.07, 6.45) is -0.460. The molecule has 11 heteroatoms. The van der Waals surface area contributed by atoms with Gasteiger partial charge >= 0.3 is 6.18 Å². The Morgan fingerprint density at radius 3 is 2.81 bits per heavy atom. The lowest BCUT2D eigenvalue weighted by atomic mass is 10.2. The second kappa shape index (κ2) is 6.24. The highest BCUT2D eigenvalue weighted by molar-refractivity contribution is 5.60. The monoisotopic (exact) mass is 366 g/mol. The summed E-state index contributed by atoms with van der Waals surface area (Å²) >= 11 is 0. The number of aromatic nitrogens is 7. The standard InChI is InChI=1S/C15H17F3N8/c1-9-10(6-20-23-9)13-22-14(26(24-13)8-15(16,17)18)11-7-25-5-4-19-3-2-12(25)21-11/h6-7,19H,2-5,8H2,1H3,(H,20,23). The topological polar surface area (TPSA) is 89.2 Å². The lowest BCUT2D eigenvalue weighted by molar-refractivity contribution is -0.142. The van der Waals surface area contributed by atoms with Gasteiger partial charge in [-0.2, -0.15) is 18.3 Å². The second-order valence-corrected chi connectivity index (χ2v) is 6.18. The Balaban J connectivity index is 1.79. The lowest BCUT2D eigenvalue weighted by Gasteiger charge is -2.07. The Kier molecular flexibility index (Phi) is 4.02. The van der Waals surface area contributed by atoms with E-state index in [9.17, 15) is 13.2 Å². The van der Waals surface area contributed by atoms with Crippen molar-refractivity contribution >= 4 is 0 Å². The average Bonchev–Trinajstić information content (AvgIpc) is 3.22. The van der Waals surface area contributed by atoms with Crippen LogP contribution in [0.4, 0.5) is 13.2 Å². The summed E-state index contributed by atoms with van der Waals surface area (Å²) in [5, 5.41) is 13.9. The minimum atomic E-state index is -4.41. The van der Waals surface area contributed by atoms with Gasteiger partial charge < -0.3 is 9.88 Å². The minimum Gasteiger partial charge on any atom is -0.333 e. The van der Waals surface area contributed by atoms with Crippen molar-refractivity contribution in [2.75, 3.05) is 13.1 Å². The first-order chi connectivity index (χ1) is 12.4. The average molecular weight is 366 g/mol. The third kappa shape index (κ3) is 3.21. The fourth-order valence-electron chi connectivity index (χ4n) is 2.98. The van der Waals surface area contributed by atoms with Crippen molar-refractivity contribution in [3.05, 3.63) is 23.9 Å². The van der Waals surface area contributed by atoms with E-state index >= 15 is 0 Å². The molecule has 0 atom stereocenters. The molecule has 0 saturated heterocycles. The van der Waals surface area contributed by atoms with Crippen LogP contribution in [0, 0.1) is 6.92 Å². The second-order valence-electron chi connectivity index (χ2n) is 6.18. The molecule has 0 aliphatic carbocycles. The van der Waals surface area contributed by atoms with Crippen LogP contribution in [0.25, 0.3) is 22.9 Å². The zero-order valence-electron chi connectivity index (χ0n) is 14.0. The summed E-state index contributed by atoms with van der Waals surface area (Å²) < 4.78 is 41.8. The number of halogens is 3. The molecule has 0 bridgehead atoms. The highest BCUT2D eigenvalue weighted by Crippen LogP contribution is 2.27. The first-order valence-electron chi connectivity index (χ1n) is 8.20. The molecule has 0 radical (unpaired) electrons. The zero-order chi connectivity index (χ0) is 18.3. The van der Waals surface area contributed by atoms with Crippen molar-refractivity contribution in [2.45, 2.75) is 32.6 Å². The van der Waals surface area contributed by atoms with Gasteiger partial charge in [0, 0.05) is 37.9 Å². The summed E-state index contributed by atoms with van der Waals surface area (Å²) in [5.41, 5.74) is 1.65. The third-order valence-corrected chi connectivity index (χ3v) is 4.21. The van der Waals surface area contributed by atoms with Crippen molar-refractivity contribution in [3.8, 4) is 22.9 Å². The van der Waals surface area contributed by atoms with Crippen LogP contribution in [-0.4, -0.2) is 53.8 Å². The smallest absolute Gasteiger partial charge is 0.333 e. The van der Waals surface area contributed by atoms with Gasteiger partial charge in [-0.1, -0.05) is 0 Å². The summed E-state index contributed by atoms with van der Waals surface area (Å²) in [4.78, 5) is 8.83. The Labute approximate surface area is 146 Å². The molecule has 0 saturated carbocycles. The normalized spacial score (nSPS) is 15.1. The van der Waals surface area contributed by atoms with Crippen LogP contribution in [0.2, 0.25) is 0 Å². The van der Waals surface area contributed by atoms with E-state index in [4.69, 9.17) is 0 Å². The molecule has 3 aromatic rings. The summed E-state index contributed by atoms with van der Waals surface area (Å²) in [6, 6.07) is 0. The molecular weight excluding hydrogens is 349 g/mol. The summed E-state index contributed by atoms with van der Waals surface area (Å²) in [6.45, 7) is 2.82. The zero-order valence-corrected chi connectivity index (χ0v) is 14.0. The van der Waals surface area contributed by atoms with Gasteiger partial charge in [-0.05, 0) is 6.92 Å². The first-order valence-corrected chi connectivity index (χ1v) is 8.20. The molecule has 0 aromatic carbocycles. The van der Waals surface area contributed by atoms with Crippen molar-refractivity contribution in [3.63, 3.8) is 0 Å². The summed E-state index contributed by atoms with van der Waals surface area (Å²) in [5.74, 6) is 1.12. The van der Waals surface area contributed by atoms with Gasteiger partial charge in [0.25, 0.3) is 0 Å². The van der Waals surface area contributed by atoms with Gasteiger partial charge in [-0.15, -0.1) is 5.10 Å². The molecule has 1 aliphatic heterocycles. The first kappa shape index (κ1) is 16.8. The highest BCUT2D eigenvalue weighted by atomic mass is 19.4. The van der Waals surface area contributed by atoms with E-state index in [1.807, 2.05) is 4.57 Å². The SMILES string of the molecule is Cc1[nH]ncc1-c1nc(-c2cn3c(n2)CCNCC3)n(CC(F)(F)F)n1. The summed E-state index contributed by atoms with van der Waals surface area (Å²) in [7, 11) is 0. The minimum absolute atomic E-state index is 0.103. The van der Waals surface area contributed by atoms with Crippen LogP contribution in [0.15, 0.2) is 12.4 Å². The number of H-pyrrole nitrogens is 1. The lowest BCUT2D eigenvalue weighted by Crippen LogP contribution is -2.19. The van der Waals surface area contributed by atoms with E-state index in [1.54, 1.807) is 13.1 Å². The molecule has 0 fully saturated rings. The number of imidazole rings is 1. The van der Waals surface area contributed by atoms with Crippen LogP contribution in [0.5, 0.6) is 0 Å². The van der Waals surface area contributed by atoms with Crippen molar-refractivity contribution in [1.29, 1.82) is 0 Å². The van der Waals surface area contributed by atoms with E-state index in [1.165, 1.54) is 6.20 Å². The Hall–Kier alpha value is -2.69. The maximum absolute atomic E-state index is 13.0. The number of aryl methyl sites for hydroxylation is 1. The number of alkyl halides is 3. The largest absolute Gasteiger partial charge is 0.408 e. The molecule has 1 aliphatic rings. The van der Waals surface area contributed by atoms with Crippen LogP contribution in [-0.2, 0) is 19.5 Å². The van der Waals surface area contributed by atoms with Gasteiger partial charge in [0.15, 0.2) is 11.6 Å². The molecule has 138 valence electrons. The Bertz CT molecular complexity index is 896. The van der Waals surface area contributed by atoms with Crippen molar-refractivity contribution in [2.24, 2.45) is 0 Å². The number of rotatable bonds is 3. The molecule has 2 N–H and O–H groups in total. The van der Waals surface area contributed by atoms with E-state index in [0.29, 0.717) is 29.9 Å².